The molecule has 0 heterocycles. The first-order chi connectivity index (χ1) is 26.5. The molecular weight excluding hydrogens is 791 g/mol. The van der Waals surface area contributed by atoms with Crippen LogP contribution in [-0.2, 0) is 30.4 Å². The molecule has 0 atom stereocenters. The fourth-order valence-electron chi connectivity index (χ4n) is 4.84. The Morgan fingerprint density at radius 3 is 1.30 bits per heavy atom. The molecule has 5 aromatic carbocycles. The van der Waals surface area contributed by atoms with Crippen molar-refractivity contribution in [2.45, 2.75) is 9.79 Å². The number of hydrogen-bond acceptors (Lipinski definition) is 16. The molecule has 0 radical (unpaired) electrons. The molecule has 0 fully saturated rings. The van der Waals surface area contributed by atoms with Crippen LogP contribution in [0.15, 0.2) is 160 Å². The molecule has 0 aromatic heterocycles. The zero-order valence-corrected chi connectivity index (χ0v) is 30.6. The first-order valence-corrected chi connectivity index (χ1v) is 19.9. The van der Waals surface area contributed by atoms with Crippen molar-refractivity contribution in [3.63, 3.8) is 0 Å². The second kappa shape index (κ2) is 15.6. The van der Waals surface area contributed by atoms with Gasteiger partial charge in [-0.1, -0.05) is 0 Å². The zero-order chi connectivity index (χ0) is 40.3. The van der Waals surface area contributed by atoms with Crippen molar-refractivity contribution >= 4 is 93.4 Å². The Labute approximate surface area is 318 Å². The van der Waals surface area contributed by atoms with E-state index in [0.29, 0.717) is 34.1 Å². The highest BCUT2D eigenvalue weighted by molar-refractivity contribution is 7.91. The second-order valence-corrected chi connectivity index (χ2v) is 15.7. The molecule has 0 bridgehead atoms. The van der Waals surface area contributed by atoms with Gasteiger partial charge in [-0.05, 0) is 115 Å². The number of fused-ring (bicyclic) bond motifs is 1. The number of benzene rings is 5. The first kappa shape index (κ1) is 39.0. The lowest BCUT2D eigenvalue weighted by molar-refractivity contribution is 0.106. The molecule has 0 amide bonds. The van der Waals surface area contributed by atoms with E-state index in [4.69, 9.17) is 14.8 Å². The molecule has 1 aliphatic carbocycles. The molecule has 0 spiro atoms. The van der Waals surface area contributed by atoms with Crippen LogP contribution in [0.2, 0.25) is 0 Å². The molecule has 56 heavy (non-hydrogen) atoms. The second-order valence-electron chi connectivity index (χ2n) is 11.5. The van der Waals surface area contributed by atoms with Crippen molar-refractivity contribution in [3.8, 4) is 0 Å². The zero-order valence-electron chi connectivity index (χ0n) is 28.1. The molecule has 0 saturated heterocycles. The number of rotatable bonds is 11. The molecule has 6 rings (SSSR count). The van der Waals surface area contributed by atoms with Crippen molar-refractivity contribution in [1.82, 2.24) is 0 Å². The number of carbonyl (C=O) groups is 1. The van der Waals surface area contributed by atoms with Gasteiger partial charge in [0.25, 0.3) is 30.4 Å². The summed E-state index contributed by atoms with van der Waals surface area (Å²) in [6.07, 6.45) is 1.01. The van der Waals surface area contributed by atoms with Crippen LogP contribution in [0.3, 0.4) is 0 Å². The summed E-state index contributed by atoms with van der Waals surface area (Å²) >= 11 is 0. The minimum atomic E-state index is -5.02. The summed E-state index contributed by atoms with van der Waals surface area (Å²) < 4.78 is 98.1. The number of Topliss-reactive ketones (excluding diaryl/α,β-unsaturated/α-hetero) is 1. The van der Waals surface area contributed by atoms with Crippen LogP contribution in [0.5, 0.6) is 0 Å². The predicted octanol–water partition coefficient (Wildman–Crippen LogP) is 7.90. The number of nitrogens with two attached hydrogens (primary N) is 1. The quantitative estimate of drug-likeness (QED) is 0.0368. The van der Waals surface area contributed by atoms with Gasteiger partial charge in [0.15, 0.2) is 5.71 Å². The normalized spacial score (nSPS) is 14.4. The predicted molar refractivity (Wildman–Crippen MR) is 204 cm³/mol. The van der Waals surface area contributed by atoms with E-state index in [9.17, 15) is 34.6 Å². The van der Waals surface area contributed by atoms with E-state index in [1.807, 2.05) is 0 Å². The SMILES string of the molecule is Nc1ccc2c(c1N=Nc1ccc(N=Nc3ccc(S(=O)(=O)O)cc3)cc1)C=C(S(=O)(=O)O)/C(=N/Nc1ccc(N=Nc3ccc(S(=O)(=O)O)cc3)cc1)C2=O. The number of nitrogens with zero attached hydrogens (tertiary/aromatic N) is 7. The van der Waals surface area contributed by atoms with Crippen LogP contribution >= 0.6 is 0 Å². The molecule has 6 N–H and O–H groups in total. The van der Waals surface area contributed by atoms with Crippen molar-refractivity contribution < 1.29 is 43.7 Å². The van der Waals surface area contributed by atoms with E-state index in [2.05, 4.69) is 41.2 Å². The van der Waals surface area contributed by atoms with E-state index in [0.717, 1.165) is 6.08 Å². The Bertz CT molecular complexity index is 2840. The van der Waals surface area contributed by atoms with Crippen LogP contribution < -0.4 is 11.2 Å². The summed E-state index contributed by atoms with van der Waals surface area (Å²) in [6.45, 7) is 0. The lowest BCUT2D eigenvalue weighted by Crippen LogP contribution is -2.27. The third-order valence-corrected chi connectivity index (χ3v) is 10.2. The summed E-state index contributed by atoms with van der Waals surface area (Å²) in [5.41, 5.74) is 10.1. The van der Waals surface area contributed by atoms with Gasteiger partial charge in [-0.2, -0.15) is 55.9 Å². The van der Waals surface area contributed by atoms with Crippen LogP contribution in [-0.4, -0.2) is 50.4 Å². The van der Waals surface area contributed by atoms with E-state index in [1.54, 1.807) is 12.1 Å². The largest absolute Gasteiger partial charge is 0.397 e. The monoisotopic (exact) mass is 815 g/mol. The summed E-state index contributed by atoms with van der Waals surface area (Å²) in [7, 11) is -13.7. The highest BCUT2D eigenvalue weighted by atomic mass is 32.2. The lowest BCUT2D eigenvalue weighted by atomic mass is 9.92. The molecule has 22 heteroatoms. The van der Waals surface area contributed by atoms with Gasteiger partial charge in [0.2, 0.25) is 5.78 Å². The van der Waals surface area contributed by atoms with Crippen LogP contribution in [0.25, 0.3) is 6.08 Å². The highest BCUT2D eigenvalue weighted by Crippen LogP contribution is 2.38. The van der Waals surface area contributed by atoms with Gasteiger partial charge in [0.1, 0.15) is 10.6 Å². The Kier molecular flexibility index (Phi) is 10.9. The third-order valence-electron chi connectivity index (χ3n) is 7.61. The number of hydrazone groups is 1. The smallest absolute Gasteiger partial charge is 0.296 e. The van der Waals surface area contributed by atoms with Crippen molar-refractivity contribution in [2.24, 2.45) is 35.8 Å². The van der Waals surface area contributed by atoms with Crippen molar-refractivity contribution in [2.75, 3.05) is 11.2 Å². The Morgan fingerprint density at radius 1 is 0.500 bits per heavy atom. The summed E-state index contributed by atoms with van der Waals surface area (Å²) in [5, 5.41) is 28.4. The average molecular weight is 816 g/mol. The Balaban J connectivity index is 1.19. The van der Waals surface area contributed by atoms with Crippen molar-refractivity contribution in [3.05, 3.63) is 125 Å². The number of anilines is 2. The number of azo groups is 3. The van der Waals surface area contributed by atoms with Gasteiger partial charge in [0, 0.05) is 11.1 Å². The van der Waals surface area contributed by atoms with E-state index < -0.39 is 46.8 Å². The third kappa shape index (κ3) is 9.33. The fraction of sp³-hybridized carbons (Fsp3) is 0. The topological polar surface area (TPSA) is 305 Å². The molecule has 0 unspecified atom stereocenters. The number of carbonyl (C=O) groups excluding carboxylic acids is 1. The van der Waals surface area contributed by atoms with Gasteiger partial charge >= 0.3 is 0 Å². The lowest BCUT2D eigenvalue weighted by Gasteiger charge is -2.18. The standard InChI is InChI=1S/C34H25N9O10S3/c35-30-18-17-28-29(32(30)42-40-22-5-1-20(2-6-22)36-38-24-9-13-26(14-10-24)54(45,46)47)19-31(56(51,52)53)33(34(28)44)43-41-23-7-3-21(4-8-23)37-39-25-11-15-27(16-12-25)55(48,49)50/h1-19,41H,35H2,(H,45,46,47)(H,48,49,50)(H,51,52,53)/b38-36?,39-37?,42-40?,43-33-. The number of allylic oxidation sites excluding steroid dienone is 1. The van der Waals surface area contributed by atoms with Crippen LogP contribution in [0, 0.1) is 0 Å². The number of hydrogen-bond donors (Lipinski definition) is 5. The average Bonchev–Trinajstić information content (AvgIpc) is 3.15. The molecule has 19 nitrogen and oxygen atoms in total. The van der Waals surface area contributed by atoms with Gasteiger partial charge < -0.3 is 5.73 Å². The minimum absolute atomic E-state index is 0.0261. The molecule has 0 aliphatic heterocycles. The minimum Gasteiger partial charge on any atom is -0.397 e. The van der Waals surface area contributed by atoms with Gasteiger partial charge in [-0.15, -0.1) is 5.11 Å². The van der Waals surface area contributed by atoms with Crippen LogP contribution in [0.1, 0.15) is 15.9 Å². The molecule has 1 aliphatic rings. The van der Waals surface area contributed by atoms with E-state index in [-0.39, 0.29) is 32.3 Å². The molecule has 5 aromatic rings. The van der Waals surface area contributed by atoms with Crippen LogP contribution in [0.4, 0.5) is 45.5 Å². The number of nitrogen functional groups attached to an aromatic ring is 1. The highest BCUT2D eigenvalue weighted by Gasteiger charge is 2.34. The maximum Gasteiger partial charge on any atom is 0.296 e. The molecular formula is C34H25N9O10S3. The Hall–Kier alpha value is -6.69. The van der Waals surface area contributed by atoms with Crippen molar-refractivity contribution in [1.29, 1.82) is 0 Å². The first-order valence-electron chi connectivity index (χ1n) is 15.6. The van der Waals surface area contributed by atoms with Gasteiger partial charge in [0.05, 0.1) is 49.6 Å². The fourth-order valence-corrected chi connectivity index (χ4v) is 6.45. The molecule has 0 saturated carbocycles. The maximum atomic E-state index is 13.6. The summed E-state index contributed by atoms with van der Waals surface area (Å²) in [5.74, 6) is -0.869. The number of nitrogens with one attached hydrogen (secondary N) is 1. The number of ketones is 1. The maximum absolute atomic E-state index is 13.6. The van der Waals surface area contributed by atoms with E-state index in [1.165, 1.54) is 97.1 Å². The van der Waals surface area contributed by atoms with Gasteiger partial charge in [-0.3, -0.25) is 23.9 Å². The Morgan fingerprint density at radius 2 is 0.893 bits per heavy atom. The summed E-state index contributed by atoms with van der Waals surface area (Å²) in [4.78, 5) is 12.2. The molecule has 284 valence electrons. The summed E-state index contributed by atoms with van der Waals surface area (Å²) in [6, 6.07) is 25.0. The van der Waals surface area contributed by atoms with E-state index >= 15 is 0 Å². The van der Waals surface area contributed by atoms with Gasteiger partial charge in [-0.25, -0.2) is 0 Å².